The van der Waals surface area contributed by atoms with E-state index in [1.54, 1.807) is 38.3 Å². The highest BCUT2D eigenvalue weighted by molar-refractivity contribution is 6.30. The SMILES string of the molecule is COc1ccc(OCc2nc(C)c(CCO)c(=O)n2CC(=O)Nc2ccc(Cl)cc2F)cc1. The molecule has 1 amide bonds. The van der Waals surface area contributed by atoms with Crippen LogP contribution in [0.5, 0.6) is 11.5 Å². The van der Waals surface area contributed by atoms with Gasteiger partial charge >= 0.3 is 0 Å². The minimum atomic E-state index is -0.700. The number of nitrogens with one attached hydrogen (secondary N) is 1. The van der Waals surface area contributed by atoms with Crippen LogP contribution in [0, 0.1) is 12.7 Å². The Morgan fingerprint density at radius 3 is 2.55 bits per heavy atom. The topological polar surface area (TPSA) is 103 Å². The van der Waals surface area contributed by atoms with Crippen LogP contribution in [0.1, 0.15) is 17.1 Å². The minimum Gasteiger partial charge on any atom is -0.497 e. The minimum absolute atomic E-state index is 0.0656. The van der Waals surface area contributed by atoms with Gasteiger partial charge in [-0.15, -0.1) is 0 Å². The summed E-state index contributed by atoms with van der Waals surface area (Å²) in [6, 6.07) is 10.7. The maximum atomic E-state index is 14.1. The molecule has 10 heteroatoms. The molecule has 0 bridgehead atoms. The second-order valence-corrected chi connectivity index (χ2v) is 7.53. The molecule has 0 aliphatic heterocycles. The summed E-state index contributed by atoms with van der Waals surface area (Å²) in [5, 5.41) is 11.9. The number of anilines is 1. The maximum Gasteiger partial charge on any atom is 0.257 e. The molecule has 0 radical (unpaired) electrons. The number of halogens is 2. The number of carbonyl (C=O) groups is 1. The molecule has 3 aromatic rings. The smallest absolute Gasteiger partial charge is 0.257 e. The third kappa shape index (κ3) is 6.09. The first-order valence-electron chi connectivity index (χ1n) is 10.0. The number of ether oxygens (including phenoxy) is 2. The van der Waals surface area contributed by atoms with E-state index in [0.29, 0.717) is 17.2 Å². The van der Waals surface area contributed by atoms with Crippen molar-refractivity contribution >= 4 is 23.2 Å². The van der Waals surface area contributed by atoms with Gasteiger partial charge < -0.3 is 19.9 Å². The molecule has 1 heterocycles. The van der Waals surface area contributed by atoms with Crippen molar-refractivity contribution in [2.45, 2.75) is 26.5 Å². The van der Waals surface area contributed by atoms with Crippen LogP contribution in [0.3, 0.4) is 0 Å². The molecule has 8 nitrogen and oxygen atoms in total. The normalized spacial score (nSPS) is 10.7. The van der Waals surface area contributed by atoms with Gasteiger partial charge in [0, 0.05) is 29.3 Å². The molecule has 0 spiro atoms. The Morgan fingerprint density at radius 1 is 1.21 bits per heavy atom. The van der Waals surface area contributed by atoms with Gasteiger partial charge in [-0.3, -0.25) is 14.2 Å². The number of hydrogen-bond acceptors (Lipinski definition) is 6. The lowest BCUT2D eigenvalue weighted by Crippen LogP contribution is -2.35. The third-order valence-corrected chi connectivity index (χ3v) is 5.08. The number of hydrogen-bond donors (Lipinski definition) is 2. The molecule has 0 unspecified atom stereocenters. The molecule has 0 saturated heterocycles. The third-order valence-electron chi connectivity index (χ3n) is 4.84. The summed E-state index contributed by atoms with van der Waals surface area (Å²) in [6.45, 7) is 0.886. The van der Waals surface area contributed by atoms with Crippen molar-refractivity contribution in [1.82, 2.24) is 9.55 Å². The van der Waals surface area contributed by atoms with Crippen molar-refractivity contribution in [1.29, 1.82) is 0 Å². The molecule has 0 saturated carbocycles. The predicted molar refractivity (Wildman–Crippen MR) is 121 cm³/mol. The summed E-state index contributed by atoms with van der Waals surface area (Å²) in [7, 11) is 1.55. The predicted octanol–water partition coefficient (Wildman–Crippen LogP) is 3.11. The van der Waals surface area contributed by atoms with E-state index in [0.717, 1.165) is 10.6 Å². The highest BCUT2D eigenvalue weighted by Gasteiger charge is 2.18. The first-order valence-corrected chi connectivity index (χ1v) is 10.4. The van der Waals surface area contributed by atoms with Crippen LogP contribution in [0.15, 0.2) is 47.3 Å². The van der Waals surface area contributed by atoms with E-state index < -0.39 is 23.8 Å². The van der Waals surface area contributed by atoms with E-state index in [1.807, 2.05) is 0 Å². The lowest BCUT2D eigenvalue weighted by atomic mass is 10.1. The van der Waals surface area contributed by atoms with E-state index in [9.17, 15) is 19.1 Å². The van der Waals surface area contributed by atoms with Crippen LogP contribution in [0.25, 0.3) is 0 Å². The molecular weight excluding hydrogens is 453 g/mol. The number of carbonyl (C=O) groups excluding carboxylic acids is 1. The molecule has 3 rings (SSSR count). The zero-order valence-electron chi connectivity index (χ0n) is 18.1. The number of aryl methyl sites for hydroxylation is 1. The second-order valence-electron chi connectivity index (χ2n) is 7.09. The number of nitrogens with zero attached hydrogens (tertiary/aromatic N) is 2. The van der Waals surface area contributed by atoms with Gasteiger partial charge in [-0.25, -0.2) is 9.37 Å². The molecule has 0 aliphatic rings. The number of methoxy groups -OCH3 is 1. The van der Waals surface area contributed by atoms with Gasteiger partial charge in [0.2, 0.25) is 5.91 Å². The van der Waals surface area contributed by atoms with Crippen LogP contribution in [0.4, 0.5) is 10.1 Å². The quantitative estimate of drug-likeness (QED) is 0.493. The molecule has 0 atom stereocenters. The summed E-state index contributed by atoms with van der Waals surface area (Å²) < 4.78 is 26.1. The summed E-state index contributed by atoms with van der Waals surface area (Å²) in [6.07, 6.45) is 0.0880. The van der Waals surface area contributed by atoms with Crippen LogP contribution >= 0.6 is 11.6 Å². The van der Waals surface area contributed by atoms with Crippen molar-refractivity contribution in [3.63, 3.8) is 0 Å². The van der Waals surface area contributed by atoms with Gasteiger partial charge in [0.15, 0.2) is 0 Å². The number of benzene rings is 2. The van der Waals surface area contributed by atoms with Crippen molar-refractivity contribution in [3.05, 3.63) is 80.7 Å². The number of aromatic nitrogens is 2. The molecule has 0 aliphatic carbocycles. The van der Waals surface area contributed by atoms with Gasteiger partial charge in [-0.1, -0.05) is 11.6 Å². The Hall–Kier alpha value is -3.43. The number of aliphatic hydroxyl groups excluding tert-OH is 1. The number of amides is 1. The lowest BCUT2D eigenvalue weighted by molar-refractivity contribution is -0.116. The summed E-state index contributed by atoms with van der Waals surface area (Å²) in [4.78, 5) is 30.1. The fourth-order valence-corrected chi connectivity index (χ4v) is 3.33. The number of aliphatic hydroxyl groups is 1. The van der Waals surface area contributed by atoms with E-state index in [2.05, 4.69) is 10.3 Å². The van der Waals surface area contributed by atoms with Crippen LogP contribution in [0.2, 0.25) is 5.02 Å². The Kier molecular flexibility index (Phi) is 8.02. The van der Waals surface area contributed by atoms with E-state index in [1.165, 1.54) is 12.1 Å². The fourth-order valence-electron chi connectivity index (χ4n) is 3.17. The average Bonchev–Trinajstić information content (AvgIpc) is 2.79. The molecular formula is C23H23ClFN3O5. The van der Waals surface area contributed by atoms with Gasteiger partial charge in [-0.05, 0) is 49.4 Å². The zero-order chi connectivity index (χ0) is 24.0. The highest BCUT2D eigenvalue weighted by Crippen LogP contribution is 2.20. The van der Waals surface area contributed by atoms with E-state index in [-0.39, 0.29) is 41.7 Å². The fraction of sp³-hybridized carbons (Fsp3) is 0.261. The average molecular weight is 476 g/mol. The summed E-state index contributed by atoms with van der Waals surface area (Å²) >= 11 is 5.74. The summed E-state index contributed by atoms with van der Waals surface area (Å²) in [5.74, 6) is 0.0506. The molecule has 1 aromatic heterocycles. The lowest BCUT2D eigenvalue weighted by Gasteiger charge is -2.16. The number of rotatable bonds is 9. The molecule has 174 valence electrons. The molecule has 0 fully saturated rings. The Bertz CT molecular complexity index is 1200. The highest BCUT2D eigenvalue weighted by atomic mass is 35.5. The van der Waals surface area contributed by atoms with Gasteiger partial charge in [0.25, 0.3) is 5.56 Å². The Labute approximate surface area is 194 Å². The van der Waals surface area contributed by atoms with E-state index in [4.69, 9.17) is 21.1 Å². The van der Waals surface area contributed by atoms with Crippen LogP contribution < -0.4 is 20.3 Å². The van der Waals surface area contributed by atoms with Crippen molar-refractivity contribution in [2.24, 2.45) is 0 Å². The first-order chi connectivity index (χ1) is 15.8. The molecule has 2 N–H and O–H groups in total. The maximum absolute atomic E-state index is 14.1. The van der Waals surface area contributed by atoms with Crippen molar-refractivity contribution in [3.8, 4) is 11.5 Å². The monoisotopic (exact) mass is 475 g/mol. The second kappa shape index (κ2) is 10.9. The first kappa shape index (κ1) is 24.2. The zero-order valence-corrected chi connectivity index (χ0v) is 18.9. The van der Waals surface area contributed by atoms with Gasteiger partial charge in [0.1, 0.15) is 36.3 Å². The standard InChI is InChI=1S/C23H23ClFN3O5/c1-14-18(9-10-29)23(31)28(12-22(30)27-20-8-3-15(24)11-19(20)25)21(26-14)13-33-17-6-4-16(32-2)5-7-17/h3-8,11,29H,9-10,12-13H2,1-2H3,(H,27,30). The molecule has 2 aromatic carbocycles. The Morgan fingerprint density at radius 2 is 1.91 bits per heavy atom. The molecule has 33 heavy (non-hydrogen) atoms. The van der Waals surface area contributed by atoms with Crippen LogP contribution in [-0.2, 0) is 24.4 Å². The van der Waals surface area contributed by atoms with Crippen LogP contribution in [-0.4, -0.2) is 34.3 Å². The van der Waals surface area contributed by atoms with Crippen molar-refractivity contribution in [2.75, 3.05) is 19.0 Å². The Balaban J connectivity index is 1.87. The van der Waals surface area contributed by atoms with E-state index >= 15 is 0 Å². The van der Waals surface area contributed by atoms with Crippen molar-refractivity contribution < 1.29 is 23.8 Å². The largest absolute Gasteiger partial charge is 0.497 e. The van der Waals surface area contributed by atoms with Gasteiger partial charge in [0.05, 0.1) is 12.8 Å². The summed E-state index contributed by atoms with van der Waals surface area (Å²) in [5.41, 5.74) is 0.180. The van der Waals surface area contributed by atoms with Gasteiger partial charge in [-0.2, -0.15) is 0 Å².